The summed E-state index contributed by atoms with van der Waals surface area (Å²) in [5, 5.41) is 13.3. The Morgan fingerprint density at radius 1 is 0.793 bits per heavy atom. The zero-order valence-electron chi connectivity index (χ0n) is 17.0. The molecule has 0 amide bonds. The molecule has 1 N–H and O–H groups in total. The molecule has 4 rings (SSSR count). The van der Waals surface area contributed by atoms with Gasteiger partial charge in [-0.15, -0.1) is 0 Å². The second-order valence-electron chi connectivity index (χ2n) is 7.99. The van der Waals surface area contributed by atoms with Crippen LogP contribution in [-0.2, 0) is 0 Å². The summed E-state index contributed by atoms with van der Waals surface area (Å²) in [6, 6.07) is 22.2. The molecule has 1 aliphatic heterocycles. The Balaban J connectivity index is 1.50. The van der Waals surface area contributed by atoms with Crippen LogP contribution in [0.15, 0.2) is 78.0 Å². The Bertz CT molecular complexity index is 771. The first kappa shape index (κ1) is 19.9. The molecule has 2 aliphatic rings. The molecule has 0 saturated carbocycles. The van der Waals surface area contributed by atoms with Gasteiger partial charge in [-0.2, -0.15) is 0 Å². The van der Waals surface area contributed by atoms with Crippen molar-refractivity contribution in [3.05, 3.63) is 83.9 Å². The molecule has 0 spiro atoms. The van der Waals surface area contributed by atoms with Crippen molar-refractivity contribution in [2.24, 2.45) is 5.16 Å². The van der Waals surface area contributed by atoms with Gasteiger partial charge < -0.3 is 5.21 Å². The van der Waals surface area contributed by atoms with Crippen molar-refractivity contribution in [2.75, 3.05) is 26.2 Å². The van der Waals surface area contributed by atoms with Crippen LogP contribution < -0.4 is 0 Å². The van der Waals surface area contributed by atoms with E-state index in [4.69, 9.17) is 0 Å². The number of oxime groups is 1. The minimum absolute atomic E-state index is 0.263. The van der Waals surface area contributed by atoms with Gasteiger partial charge >= 0.3 is 0 Å². The van der Waals surface area contributed by atoms with E-state index in [1.54, 1.807) is 0 Å². The van der Waals surface area contributed by atoms with E-state index in [2.05, 4.69) is 87.8 Å². The van der Waals surface area contributed by atoms with Crippen LogP contribution in [0.25, 0.3) is 0 Å². The van der Waals surface area contributed by atoms with Gasteiger partial charge in [0, 0.05) is 26.2 Å². The first-order valence-corrected chi connectivity index (χ1v) is 10.8. The van der Waals surface area contributed by atoms with E-state index < -0.39 is 0 Å². The summed E-state index contributed by atoms with van der Waals surface area (Å²) in [5.41, 5.74) is 3.65. The Kier molecular flexibility index (Phi) is 6.75. The molecule has 1 atom stereocenters. The van der Waals surface area contributed by atoms with Gasteiger partial charge in [0.05, 0.1) is 17.8 Å². The fourth-order valence-electron chi connectivity index (χ4n) is 4.76. The van der Waals surface area contributed by atoms with Crippen LogP contribution in [0, 0.1) is 0 Å². The van der Waals surface area contributed by atoms with Crippen molar-refractivity contribution in [1.29, 1.82) is 0 Å². The highest BCUT2D eigenvalue weighted by Gasteiger charge is 2.31. The molecule has 1 unspecified atom stereocenters. The first-order chi connectivity index (χ1) is 14.4. The molecule has 2 aromatic rings. The predicted octanol–water partition coefficient (Wildman–Crippen LogP) is 4.72. The highest BCUT2D eigenvalue weighted by molar-refractivity contribution is 5.89. The minimum Gasteiger partial charge on any atom is -0.411 e. The Hall–Kier alpha value is -2.43. The number of hydrogen-bond donors (Lipinski definition) is 1. The molecule has 1 heterocycles. The van der Waals surface area contributed by atoms with Crippen LogP contribution in [0.5, 0.6) is 0 Å². The number of piperazine rings is 1. The van der Waals surface area contributed by atoms with Crippen molar-refractivity contribution in [3.63, 3.8) is 0 Å². The van der Waals surface area contributed by atoms with Gasteiger partial charge in [-0.25, -0.2) is 0 Å². The lowest BCUT2D eigenvalue weighted by Crippen LogP contribution is -2.53. The van der Waals surface area contributed by atoms with E-state index in [0.717, 1.165) is 57.6 Å². The molecular formula is C25H31N3O. The molecule has 1 saturated heterocycles. The monoisotopic (exact) mass is 389 g/mol. The third kappa shape index (κ3) is 4.77. The molecule has 4 nitrogen and oxygen atoms in total. The molecule has 1 aliphatic carbocycles. The second kappa shape index (κ2) is 9.86. The highest BCUT2D eigenvalue weighted by atomic mass is 16.4. The quantitative estimate of drug-likeness (QED) is 0.467. The lowest BCUT2D eigenvalue weighted by Gasteiger charge is -2.43. The summed E-state index contributed by atoms with van der Waals surface area (Å²) in [4.78, 5) is 5.12. The van der Waals surface area contributed by atoms with Crippen molar-refractivity contribution < 1.29 is 5.21 Å². The van der Waals surface area contributed by atoms with Gasteiger partial charge in [0.2, 0.25) is 0 Å². The normalized spacial score (nSPS) is 23.2. The molecule has 152 valence electrons. The molecule has 0 aromatic heterocycles. The van der Waals surface area contributed by atoms with E-state index in [-0.39, 0.29) is 12.1 Å². The smallest absolute Gasteiger partial charge is 0.0745 e. The summed E-state index contributed by atoms with van der Waals surface area (Å²) in [6.07, 6.45) is 8.41. The Morgan fingerprint density at radius 3 is 1.97 bits per heavy atom. The molecule has 1 fully saturated rings. The summed E-state index contributed by atoms with van der Waals surface area (Å²) in [6.45, 7) is 4.03. The van der Waals surface area contributed by atoms with Crippen LogP contribution in [0.3, 0.4) is 0 Å². The number of hydrogen-bond acceptors (Lipinski definition) is 4. The fourth-order valence-corrected chi connectivity index (χ4v) is 4.76. The third-order valence-electron chi connectivity index (χ3n) is 6.24. The topological polar surface area (TPSA) is 39.1 Å². The van der Waals surface area contributed by atoms with Gasteiger partial charge in [0.25, 0.3) is 0 Å². The number of allylic oxidation sites excluding steroid dienone is 2. The maximum Gasteiger partial charge on any atom is 0.0745 e. The average Bonchev–Trinajstić information content (AvgIpc) is 2.76. The van der Waals surface area contributed by atoms with E-state index in [0.29, 0.717) is 0 Å². The van der Waals surface area contributed by atoms with Gasteiger partial charge in [-0.1, -0.05) is 78.0 Å². The van der Waals surface area contributed by atoms with Crippen molar-refractivity contribution in [1.82, 2.24) is 9.80 Å². The molecule has 29 heavy (non-hydrogen) atoms. The second-order valence-corrected chi connectivity index (χ2v) is 7.99. The maximum absolute atomic E-state index is 9.57. The van der Waals surface area contributed by atoms with Gasteiger partial charge in [0.1, 0.15) is 0 Å². The first-order valence-electron chi connectivity index (χ1n) is 10.8. The van der Waals surface area contributed by atoms with E-state index in [1.165, 1.54) is 11.1 Å². The van der Waals surface area contributed by atoms with E-state index in [1.807, 2.05) is 0 Å². The highest BCUT2D eigenvalue weighted by Crippen LogP contribution is 2.30. The summed E-state index contributed by atoms with van der Waals surface area (Å²) in [5.74, 6) is 0. The van der Waals surface area contributed by atoms with E-state index in [9.17, 15) is 5.21 Å². The zero-order valence-corrected chi connectivity index (χ0v) is 17.0. The standard InChI is InChI=1S/C25H31N3O/c29-26-23-15-9-1-2-10-16-24(23)27-17-19-28(20-18-27)25(21-11-5-3-6-12-21)22-13-7-4-8-14-22/h1-8,11-14,24-25,29H,9-10,15-20H2. The number of rotatable bonds is 4. The molecule has 4 heteroatoms. The van der Waals surface area contributed by atoms with Crippen LogP contribution in [0.4, 0.5) is 0 Å². The molecule has 0 radical (unpaired) electrons. The Labute approximate surface area is 174 Å². The SMILES string of the molecule is ON=C1CCC=CCCC1N1CCN(C(c2ccccc2)c2ccccc2)CC1. The number of benzene rings is 2. The third-order valence-corrected chi connectivity index (χ3v) is 6.24. The predicted molar refractivity (Wildman–Crippen MR) is 118 cm³/mol. The summed E-state index contributed by atoms with van der Waals surface area (Å²) >= 11 is 0. The molecular weight excluding hydrogens is 358 g/mol. The van der Waals surface area contributed by atoms with Crippen LogP contribution in [-0.4, -0.2) is 52.9 Å². The summed E-state index contributed by atoms with van der Waals surface area (Å²) < 4.78 is 0. The number of nitrogens with zero attached hydrogens (tertiary/aromatic N) is 3. The van der Waals surface area contributed by atoms with Gasteiger partial charge in [-0.05, 0) is 36.8 Å². The van der Waals surface area contributed by atoms with E-state index >= 15 is 0 Å². The van der Waals surface area contributed by atoms with Crippen molar-refractivity contribution in [2.45, 2.75) is 37.8 Å². The van der Waals surface area contributed by atoms with Crippen LogP contribution in [0.1, 0.15) is 42.9 Å². The van der Waals surface area contributed by atoms with Crippen LogP contribution >= 0.6 is 0 Å². The van der Waals surface area contributed by atoms with Crippen molar-refractivity contribution >= 4 is 5.71 Å². The van der Waals surface area contributed by atoms with Gasteiger partial charge in [-0.3, -0.25) is 9.80 Å². The molecule has 0 bridgehead atoms. The zero-order chi connectivity index (χ0) is 19.9. The lowest BCUT2D eigenvalue weighted by atomic mass is 9.94. The van der Waals surface area contributed by atoms with Crippen molar-refractivity contribution in [3.8, 4) is 0 Å². The lowest BCUT2D eigenvalue weighted by molar-refractivity contribution is 0.0930. The minimum atomic E-state index is 0.263. The summed E-state index contributed by atoms with van der Waals surface area (Å²) in [7, 11) is 0. The van der Waals surface area contributed by atoms with Crippen LogP contribution in [0.2, 0.25) is 0 Å². The maximum atomic E-state index is 9.57. The molecule has 2 aromatic carbocycles. The average molecular weight is 390 g/mol. The largest absolute Gasteiger partial charge is 0.411 e. The fraction of sp³-hybridized carbons (Fsp3) is 0.400. The Morgan fingerprint density at radius 2 is 1.38 bits per heavy atom. The van der Waals surface area contributed by atoms with Gasteiger partial charge in [0.15, 0.2) is 0 Å².